The minimum Gasteiger partial charge on any atom is -0.360 e. The average Bonchev–Trinajstić information content (AvgIpc) is 3.22. The number of aryl methyl sites for hydroxylation is 1. The molecule has 2 heterocycles. The van der Waals surface area contributed by atoms with Crippen LogP contribution in [0.1, 0.15) is 23.2 Å². The molecule has 1 aliphatic rings. The number of anilines is 1. The second-order valence-corrected chi connectivity index (χ2v) is 10.2. The lowest BCUT2D eigenvalue weighted by Gasteiger charge is -2.34. The largest absolute Gasteiger partial charge is 0.511 e. The Morgan fingerprint density at radius 3 is 2.55 bits per heavy atom. The highest BCUT2D eigenvalue weighted by Gasteiger charge is 2.51. The van der Waals surface area contributed by atoms with Gasteiger partial charge in [-0.3, -0.25) is 0 Å². The number of aromatic amines is 1. The predicted octanol–water partition coefficient (Wildman–Crippen LogP) is 4.74. The highest BCUT2D eigenvalue weighted by molar-refractivity contribution is 7.89. The predicted molar refractivity (Wildman–Crippen MR) is 120 cm³/mol. The van der Waals surface area contributed by atoms with Gasteiger partial charge in [-0.1, -0.05) is 54.1 Å². The molecule has 176 valence electrons. The Labute approximate surface area is 195 Å². The van der Waals surface area contributed by atoms with Gasteiger partial charge in [0.25, 0.3) is 0 Å². The van der Waals surface area contributed by atoms with E-state index in [-0.39, 0.29) is 13.1 Å². The lowest BCUT2D eigenvalue weighted by atomic mass is 10.0. The molecule has 0 unspecified atom stereocenters. The summed E-state index contributed by atoms with van der Waals surface area (Å²) in [5.41, 5.74) is -2.71. The minimum absolute atomic E-state index is 0.288. The smallest absolute Gasteiger partial charge is 0.360 e. The van der Waals surface area contributed by atoms with Crippen LogP contribution in [-0.2, 0) is 29.5 Å². The maximum Gasteiger partial charge on any atom is 0.511 e. The fourth-order valence-electron chi connectivity index (χ4n) is 4.10. The molecule has 1 atom stereocenters. The highest BCUT2D eigenvalue weighted by Crippen LogP contribution is 2.39. The zero-order chi connectivity index (χ0) is 23.6. The van der Waals surface area contributed by atoms with Gasteiger partial charge in [0, 0.05) is 25.3 Å². The van der Waals surface area contributed by atoms with Gasteiger partial charge in [0.05, 0.1) is 29.3 Å². The topological polar surface area (TPSA) is 69.3 Å². The Hall–Kier alpha value is -2.56. The third kappa shape index (κ3) is 5.02. The number of halogens is 4. The van der Waals surface area contributed by atoms with Crippen LogP contribution in [0, 0.1) is 0 Å². The molecule has 2 aromatic carbocycles. The molecule has 33 heavy (non-hydrogen) atoms. The molecule has 1 N–H and O–H groups in total. The van der Waals surface area contributed by atoms with Crippen molar-refractivity contribution in [2.24, 2.45) is 0 Å². The van der Waals surface area contributed by atoms with Gasteiger partial charge >= 0.3 is 15.5 Å². The molecule has 0 bridgehead atoms. The number of alkyl halides is 3. The maximum atomic E-state index is 13.5. The van der Waals surface area contributed by atoms with Gasteiger partial charge in [0.15, 0.2) is 0 Å². The first-order valence-corrected chi connectivity index (χ1v) is 12.1. The number of nitrogens with one attached hydrogen (secondary N) is 1. The number of rotatable bonds is 6. The van der Waals surface area contributed by atoms with Gasteiger partial charge in [0.2, 0.25) is 0 Å². The molecule has 0 saturated carbocycles. The number of para-hydroxylation sites is 1. The van der Waals surface area contributed by atoms with Crippen molar-refractivity contribution in [1.29, 1.82) is 0 Å². The number of aromatic nitrogens is 2. The number of nitrogens with zero attached hydrogens (tertiary/aromatic N) is 3. The molecule has 4 rings (SSSR count). The molecule has 0 fully saturated rings. The molecular formula is C22H22ClF3N4O2S. The van der Waals surface area contributed by atoms with Crippen molar-refractivity contribution < 1.29 is 21.6 Å². The van der Waals surface area contributed by atoms with Crippen molar-refractivity contribution in [2.75, 3.05) is 11.4 Å². The zero-order valence-electron chi connectivity index (χ0n) is 17.5. The van der Waals surface area contributed by atoms with Gasteiger partial charge in [-0.25, -0.2) is 13.4 Å². The second kappa shape index (κ2) is 9.36. The first-order chi connectivity index (χ1) is 15.7. The van der Waals surface area contributed by atoms with Gasteiger partial charge in [-0.2, -0.15) is 17.5 Å². The number of H-pyrrole nitrogens is 1. The number of fused-ring (bicyclic) bond motifs is 1. The lowest BCUT2D eigenvalue weighted by Crippen LogP contribution is -2.47. The van der Waals surface area contributed by atoms with Crippen LogP contribution in [0.4, 0.5) is 18.9 Å². The number of hydrogen-bond donors (Lipinski definition) is 1. The Bertz CT molecular complexity index is 1190. The number of sulfonamides is 1. The summed E-state index contributed by atoms with van der Waals surface area (Å²) >= 11 is 6.53. The van der Waals surface area contributed by atoms with Gasteiger partial charge in [-0.15, -0.1) is 0 Å². The van der Waals surface area contributed by atoms with Crippen molar-refractivity contribution in [3.63, 3.8) is 0 Å². The van der Waals surface area contributed by atoms with E-state index in [1.807, 2.05) is 35.2 Å². The van der Waals surface area contributed by atoms with E-state index in [1.165, 1.54) is 6.33 Å². The number of hydrogen-bond acceptors (Lipinski definition) is 4. The van der Waals surface area contributed by atoms with Crippen molar-refractivity contribution >= 4 is 27.3 Å². The van der Waals surface area contributed by atoms with Crippen molar-refractivity contribution in [3.05, 3.63) is 82.9 Å². The fraction of sp³-hybridized carbons (Fsp3) is 0.318. The minimum atomic E-state index is -5.54. The molecule has 0 radical (unpaired) electrons. The van der Waals surface area contributed by atoms with Crippen molar-refractivity contribution in [1.82, 2.24) is 14.3 Å². The molecule has 0 saturated heterocycles. The van der Waals surface area contributed by atoms with Crippen LogP contribution in [-0.4, -0.2) is 40.8 Å². The molecule has 6 nitrogen and oxygen atoms in total. The molecule has 3 aromatic rings. The molecule has 1 aliphatic heterocycles. The average molecular weight is 499 g/mol. The van der Waals surface area contributed by atoms with Crippen LogP contribution in [0.15, 0.2) is 61.1 Å². The van der Waals surface area contributed by atoms with Crippen LogP contribution in [0.2, 0.25) is 5.02 Å². The van der Waals surface area contributed by atoms with E-state index in [9.17, 15) is 21.6 Å². The summed E-state index contributed by atoms with van der Waals surface area (Å²) in [7, 11) is -5.54. The summed E-state index contributed by atoms with van der Waals surface area (Å²) in [6, 6.07) is 13.8. The molecule has 11 heteroatoms. The van der Waals surface area contributed by atoms with Crippen LogP contribution >= 0.6 is 11.6 Å². The standard InChI is InChI=1S/C22H22ClF3N4O2S/c23-20-8-4-7-17-12-29(33(31,32)22(24,25)26)14-19(10-9-16-5-2-1-3-6-16)30(21(17)20)13-18-11-27-15-28-18/h1-8,11,15,19H,9-10,12-14H2,(H,27,28)/t19-/m0/s1. The molecule has 0 amide bonds. The van der Waals surface area contributed by atoms with E-state index < -0.39 is 28.1 Å². The summed E-state index contributed by atoms with van der Waals surface area (Å²) in [6.07, 6.45) is 4.12. The van der Waals surface area contributed by atoms with Gasteiger partial charge in [-0.05, 0) is 30.0 Å². The van der Waals surface area contributed by atoms with E-state index in [2.05, 4.69) is 9.97 Å². The van der Waals surface area contributed by atoms with E-state index in [4.69, 9.17) is 11.6 Å². The quantitative estimate of drug-likeness (QED) is 0.533. The Morgan fingerprint density at radius 2 is 1.88 bits per heavy atom. The fourth-order valence-corrected chi connectivity index (χ4v) is 5.37. The van der Waals surface area contributed by atoms with E-state index in [0.29, 0.717) is 33.4 Å². The first-order valence-electron chi connectivity index (χ1n) is 10.3. The molecule has 0 spiro atoms. The summed E-state index contributed by atoms with van der Waals surface area (Å²) < 4.78 is 65.9. The van der Waals surface area contributed by atoms with Crippen LogP contribution in [0.25, 0.3) is 0 Å². The van der Waals surface area contributed by atoms with Crippen LogP contribution in [0.5, 0.6) is 0 Å². The zero-order valence-corrected chi connectivity index (χ0v) is 19.0. The van der Waals surface area contributed by atoms with E-state index in [0.717, 1.165) is 11.3 Å². The second-order valence-electron chi connectivity index (χ2n) is 7.87. The van der Waals surface area contributed by atoms with E-state index >= 15 is 0 Å². The van der Waals surface area contributed by atoms with Crippen LogP contribution < -0.4 is 4.90 Å². The lowest BCUT2D eigenvalue weighted by molar-refractivity contribution is -0.0492. The Balaban J connectivity index is 1.78. The molecule has 1 aromatic heterocycles. The molecular weight excluding hydrogens is 477 g/mol. The summed E-state index contributed by atoms with van der Waals surface area (Å²) in [4.78, 5) is 8.92. The Kier molecular flexibility index (Phi) is 6.69. The maximum absolute atomic E-state index is 13.5. The Morgan fingerprint density at radius 1 is 1.12 bits per heavy atom. The summed E-state index contributed by atoms with van der Waals surface area (Å²) in [5, 5.41) is 0.350. The first kappa shape index (κ1) is 23.6. The normalized spacial score (nSPS) is 17.6. The third-order valence-corrected chi connectivity index (χ3v) is 7.54. The third-order valence-electron chi connectivity index (χ3n) is 5.70. The summed E-state index contributed by atoms with van der Waals surface area (Å²) in [5.74, 6) is 0. The summed E-state index contributed by atoms with van der Waals surface area (Å²) in [6.45, 7) is -0.455. The van der Waals surface area contributed by atoms with Gasteiger partial charge in [0.1, 0.15) is 0 Å². The highest BCUT2D eigenvalue weighted by atomic mass is 35.5. The van der Waals surface area contributed by atoms with E-state index in [1.54, 1.807) is 24.4 Å². The van der Waals surface area contributed by atoms with Gasteiger partial charge < -0.3 is 9.88 Å². The van der Waals surface area contributed by atoms with Crippen molar-refractivity contribution in [3.8, 4) is 0 Å². The number of benzene rings is 2. The van der Waals surface area contributed by atoms with Crippen LogP contribution in [0.3, 0.4) is 0 Å². The van der Waals surface area contributed by atoms with Crippen molar-refractivity contribution in [2.45, 2.75) is 37.5 Å². The monoisotopic (exact) mass is 498 g/mol. The SMILES string of the molecule is O=S(=O)(N1Cc2cccc(Cl)c2N(Cc2cnc[nH]2)[C@@H](CCc2ccccc2)C1)C(F)(F)F. The number of imidazole rings is 1. The molecule has 0 aliphatic carbocycles.